The van der Waals surface area contributed by atoms with Crippen LogP contribution in [-0.2, 0) is 0 Å². The number of imidazole rings is 2. The Kier molecular flexibility index (Phi) is 4.62. The molecule has 4 aromatic rings. The van der Waals surface area contributed by atoms with Crippen LogP contribution in [0.2, 0.25) is 0 Å². The molecule has 2 aliphatic rings. The molecule has 0 radical (unpaired) electrons. The smallest absolute Gasteiger partial charge is 0.259 e. The molecule has 6 rings (SSSR count). The summed E-state index contributed by atoms with van der Waals surface area (Å²) in [5, 5.41) is 6.54. The molecule has 0 bridgehead atoms. The predicted molar refractivity (Wildman–Crippen MR) is 125 cm³/mol. The number of carbonyl (C=O) groups is 1. The monoisotopic (exact) mass is 447 g/mol. The molecule has 0 aromatic carbocycles. The van der Waals surface area contributed by atoms with Crippen molar-refractivity contribution in [3.63, 3.8) is 0 Å². The van der Waals surface area contributed by atoms with Crippen LogP contribution in [0.5, 0.6) is 0 Å². The lowest BCUT2D eigenvalue weighted by Crippen LogP contribution is -2.34. The summed E-state index contributed by atoms with van der Waals surface area (Å²) in [4.78, 5) is 24.3. The Labute approximate surface area is 190 Å². The summed E-state index contributed by atoms with van der Waals surface area (Å²) in [5.74, 6) is 0.215. The molecule has 4 aromatic heterocycles. The third-order valence-electron chi connectivity index (χ3n) is 6.40. The first-order valence-corrected chi connectivity index (χ1v) is 11.4. The highest BCUT2D eigenvalue weighted by Crippen LogP contribution is 2.27. The Morgan fingerprint density at radius 3 is 2.64 bits per heavy atom. The van der Waals surface area contributed by atoms with Gasteiger partial charge in [0, 0.05) is 49.8 Å². The number of rotatable bonds is 5. The van der Waals surface area contributed by atoms with Crippen LogP contribution in [-0.4, -0.2) is 49.8 Å². The molecular weight excluding hydrogens is 421 g/mol. The number of aromatic nitrogens is 4. The van der Waals surface area contributed by atoms with E-state index in [2.05, 4.69) is 25.5 Å². The molecule has 1 saturated carbocycles. The van der Waals surface area contributed by atoms with Crippen LogP contribution in [0, 0.1) is 19.7 Å². The van der Waals surface area contributed by atoms with Gasteiger partial charge in [0.15, 0.2) is 17.1 Å². The van der Waals surface area contributed by atoms with Gasteiger partial charge in [-0.25, -0.2) is 14.4 Å². The quantitative estimate of drug-likeness (QED) is 0.491. The maximum absolute atomic E-state index is 14.4. The van der Waals surface area contributed by atoms with Gasteiger partial charge in [0.25, 0.3) is 5.91 Å². The van der Waals surface area contributed by atoms with Gasteiger partial charge in [-0.1, -0.05) is 0 Å². The van der Waals surface area contributed by atoms with Crippen molar-refractivity contribution in [3.8, 4) is 0 Å². The molecule has 33 heavy (non-hydrogen) atoms. The van der Waals surface area contributed by atoms with E-state index in [1.807, 2.05) is 29.7 Å². The maximum Gasteiger partial charge on any atom is 0.259 e. The number of hydrogen-bond donors (Lipinski definition) is 2. The number of pyridine rings is 2. The molecule has 2 N–H and O–H groups in total. The van der Waals surface area contributed by atoms with Gasteiger partial charge in [-0.3, -0.25) is 9.20 Å². The summed E-state index contributed by atoms with van der Waals surface area (Å²) >= 11 is 0. The van der Waals surface area contributed by atoms with Crippen molar-refractivity contribution in [2.45, 2.75) is 45.2 Å². The highest BCUT2D eigenvalue weighted by Gasteiger charge is 2.30. The normalized spacial score (nSPS) is 18.5. The zero-order valence-corrected chi connectivity index (χ0v) is 18.7. The fourth-order valence-electron chi connectivity index (χ4n) is 4.74. The number of anilines is 2. The van der Waals surface area contributed by atoms with E-state index in [0.717, 1.165) is 31.0 Å². The molecule has 2 fully saturated rings. The number of aryl methyl sites for hydroxylation is 2. The molecular formula is C24H26FN7O. The van der Waals surface area contributed by atoms with Crippen molar-refractivity contribution < 1.29 is 9.18 Å². The number of carbonyl (C=O) groups excluding carboxylic acids is 1. The van der Waals surface area contributed by atoms with Gasteiger partial charge >= 0.3 is 0 Å². The molecule has 8 nitrogen and oxygen atoms in total. The van der Waals surface area contributed by atoms with Crippen molar-refractivity contribution >= 4 is 28.7 Å². The zero-order valence-electron chi connectivity index (χ0n) is 18.7. The van der Waals surface area contributed by atoms with E-state index in [4.69, 9.17) is 0 Å². The van der Waals surface area contributed by atoms with Crippen molar-refractivity contribution in [2.24, 2.45) is 0 Å². The Balaban J connectivity index is 1.29. The Morgan fingerprint density at radius 2 is 1.82 bits per heavy atom. The molecule has 9 heteroatoms. The first-order valence-electron chi connectivity index (χ1n) is 11.4. The first kappa shape index (κ1) is 20.2. The third-order valence-corrected chi connectivity index (χ3v) is 6.40. The molecule has 0 spiro atoms. The minimum Gasteiger partial charge on any atom is -0.356 e. The third kappa shape index (κ3) is 3.72. The second-order valence-electron chi connectivity index (χ2n) is 9.20. The molecule has 1 aliphatic heterocycles. The molecule has 1 amide bonds. The number of halogens is 1. The van der Waals surface area contributed by atoms with Crippen LogP contribution in [0.25, 0.3) is 11.3 Å². The van der Waals surface area contributed by atoms with Crippen LogP contribution in [0.4, 0.5) is 15.9 Å². The van der Waals surface area contributed by atoms with Crippen LogP contribution >= 0.6 is 0 Å². The number of nitrogens with one attached hydrogen (secondary N) is 2. The van der Waals surface area contributed by atoms with Crippen LogP contribution in [0.15, 0.2) is 36.8 Å². The lowest BCUT2D eigenvalue weighted by molar-refractivity contribution is 0.102. The summed E-state index contributed by atoms with van der Waals surface area (Å²) < 4.78 is 18.0. The van der Waals surface area contributed by atoms with Gasteiger partial charge in [0.1, 0.15) is 5.82 Å². The van der Waals surface area contributed by atoms with E-state index < -0.39 is 5.82 Å². The molecule has 1 saturated heterocycles. The summed E-state index contributed by atoms with van der Waals surface area (Å²) in [6, 6.07) is 6.26. The van der Waals surface area contributed by atoms with Gasteiger partial charge < -0.3 is 19.9 Å². The number of amides is 1. The van der Waals surface area contributed by atoms with Crippen molar-refractivity contribution in [3.05, 3.63) is 59.6 Å². The summed E-state index contributed by atoms with van der Waals surface area (Å²) in [6.07, 6.45) is 9.01. The number of hydrogen-bond acceptors (Lipinski definition) is 5. The number of nitrogens with zero attached hydrogens (tertiary/aromatic N) is 5. The van der Waals surface area contributed by atoms with E-state index in [1.54, 1.807) is 23.7 Å². The SMILES string of the molecule is Cc1cn2cc(NC(=O)c3ccc(N4CCC(NC5CC5)C4)n4cc(C)nc34)cc(F)c2n1. The standard InChI is InChI=1S/C24H26FN7O/c1-14-10-31-13-18(9-20(25)23(31)27-14)29-24(33)19-5-6-21(32-11-15(2)26-22(19)32)30-8-7-17(12-30)28-16-3-4-16/h5-6,9-11,13,16-17,28H,3-4,7-8,12H2,1-2H3,(H,29,33). The topological polar surface area (TPSA) is 79.0 Å². The van der Waals surface area contributed by atoms with Gasteiger partial charge in [0.05, 0.1) is 22.6 Å². The van der Waals surface area contributed by atoms with E-state index in [-0.39, 0.29) is 11.6 Å². The second-order valence-corrected chi connectivity index (χ2v) is 9.20. The highest BCUT2D eigenvalue weighted by molar-refractivity contribution is 6.08. The van der Waals surface area contributed by atoms with Crippen molar-refractivity contribution in [2.75, 3.05) is 23.3 Å². The van der Waals surface area contributed by atoms with E-state index in [1.165, 1.54) is 18.9 Å². The Bertz CT molecular complexity index is 1390. The second kappa shape index (κ2) is 7.55. The summed E-state index contributed by atoms with van der Waals surface area (Å²) in [6.45, 7) is 5.63. The minimum atomic E-state index is -0.485. The molecule has 1 aliphatic carbocycles. The first-order chi connectivity index (χ1) is 15.9. The van der Waals surface area contributed by atoms with E-state index >= 15 is 0 Å². The average Bonchev–Trinajstić information content (AvgIpc) is 3.13. The van der Waals surface area contributed by atoms with E-state index in [9.17, 15) is 9.18 Å². The maximum atomic E-state index is 14.4. The molecule has 170 valence electrons. The van der Waals surface area contributed by atoms with E-state index in [0.29, 0.717) is 34.7 Å². The molecule has 1 atom stereocenters. The van der Waals surface area contributed by atoms with Crippen molar-refractivity contribution in [1.29, 1.82) is 0 Å². The van der Waals surface area contributed by atoms with Crippen LogP contribution < -0.4 is 15.5 Å². The lowest BCUT2D eigenvalue weighted by atomic mass is 10.2. The average molecular weight is 448 g/mol. The zero-order chi connectivity index (χ0) is 22.7. The summed E-state index contributed by atoms with van der Waals surface area (Å²) in [5.41, 5.74) is 3.19. The fourth-order valence-corrected chi connectivity index (χ4v) is 4.74. The summed E-state index contributed by atoms with van der Waals surface area (Å²) in [7, 11) is 0. The van der Waals surface area contributed by atoms with Gasteiger partial charge in [-0.15, -0.1) is 0 Å². The Morgan fingerprint density at radius 1 is 1.03 bits per heavy atom. The molecule has 5 heterocycles. The van der Waals surface area contributed by atoms with Gasteiger partial charge in [0.2, 0.25) is 0 Å². The highest BCUT2D eigenvalue weighted by atomic mass is 19.1. The van der Waals surface area contributed by atoms with Crippen LogP contribution in [0.1, 0.15) is 41.0 Å². The van der Waals surface area contributed by atoms with Gasteiger partial charge in [-0.2, -0.15) is 0 Å². The minimum absolute atomic E-state index is 0.237. The predicted octanol–water partition coefficient (Wildman–Crippen LogP) is 3.32. The number of fused-ring (bicyclic) bond motifs is 2. The lowest BCUT2D eigenvalue weighted by Gasteiger charge is -2.21. The fraction of sp³-hybridized carbons (Fsp3) is 0.375. The Hall–Kier alpha value is -3.46. The largest absolute Gasteiger partial charge is 0.356 e. The van der Waals surface area contributed by atoms with Gasteiger partial charge in [-0.05, 0) is 45.2 Å². The van der Waals surface area contributed by atoms with Crippen molar-refractivity contribution in [1.82, 2.24) is 24.1 Å². The molecule has 1 unspecified atom stereocenters. The van der Waals surface area contributed by atoms with Crippen LogP contribution in [0.3, 0.4) is 0 Å².